The van der Waals surface area contributed by atoms with Crippen molar-refractivity contribution in [2.24, 2.45) is 0 Å². The van der Waals surface area contributed by atoms with Gasteiger partial charge in [0.2, 0.25) is 0 Å². The van der Waals surface area contributed by atoms with E-state index in [2.05, 4.69) is 0 Å². The molecule has 0 aliphatic heterocycles. The summed E-state index contributed by atoms with van der Waals surface area (Å²) in [5.41, 5.74) is 0.414. The number of hydrogen-bond donors (Lipinski definition) is 1. The van der Waals surface area contributed by atoms with Crippen molar-refractivity contribution in [3.63, 3.8) is 0 Å². The van der Waals surface area contributed by atoms with Gasteiger partial charge in [0, 0.05) is 17.5 Å². The molecule has 78 valence electrons. The summed E-state index contributed by atoms with van der Waals surface area (Å²) < 4.78 is 0. The van der Waals surface area contributed by atoms with Crippen LogP contribution in [-0.4, -0.2) is 23.1 Å². The Hall–Kier alpha value is -1.97. The second kappa shape index (κ2) is 4.50. The number of ketones is 1. The van der Waals surface area contributed by atoms with E-state index in [9.17, 15) is 14.4 Å². The molecule has 0 aliphatic rings. The summed E-state index contributed by atoms with van der Waals surface area (Å²) in [6.07, 6.45) is 0.790. The summed E-state index contributed by atoms with van der Waals surface area (Å²) in [4.78, 5) is 32.7. The van der Waals surface area contributed by atoms with E-state index in [0.29, 0.717) is 6.29 Å². The molecule has 0 aliphatic carbocycles. The van der Waals surface area contributed by atoms with E-state index in [1.54, 1.807) is 6.92 Å². The van der Waals surface area contributed by atoms with Crippen molar-refractivity contribution in [3.8, 4) is 0 Å². The molecule has 0 saturated heterocycles. The van der Waals surface area contributed by atoms with Crippen molar-refractivity contribution in [1.29, 1.82) is 0 Å². The molecule has 0 saturated carbocycles. The molecular weight excluding hydrogens is 196 g/mol. The van der Waals surface area contributed by atoms with Crippen LogP contribution in [0, 0.1) is 0 Å². The van der Waals surface area contributed by atoms with Crippen molar-refractivity contribution in [3.05, 3.63) is 34.9 Å². The fraction of sp³-hybridized carbons (Fsp3) is 0.182. The minimum absolute atomic E-state index is 0.0115. The van der Waals surface area contributed by atoms with Gasteiger partial charge in [-0.1, -0.05) is 13.0 Å². The number of aldehydes is 1. The first-order valence-corrected chi connectivity index (χ1v) is 4.45. The van der Waals surface area contributed by atoms with E-state index >= 15 is 0 Å². The molecule has 0 spiro atoms. The molecule has 4 heteroatoms. The highest BCUT2D eigenvalue weighted by atomic mass is 16.4. The lowest BCUT2D eigenvalue weighted by Crippen LogP contribution is -2.05. The van der Waals surface area contributed by atoms with Gasteiger partial charge in [0.25, 0.3) is 0 Å². The van der Waals surface area contributed by atoms with Gasteiger partial charge in [0.05, 0.1) is 5.56 Å². The summed E-state index contributed by atoms with van der Waals surface area (Å²) >= 11 is 0. The monoisotopic (exact) mass is 206 g/mol. The third-order valence-corrected chi connectivity index (χ3v) is 2.05. The second-order valence-corrected chi connectivity index (χ2v) is 3.00. The lowest BCUT2D eigenvalue weighted by atomic mass is 10.00. The molecule has 0 atom stereocenters. The SMILES string of the molecule is CCC(=O)c1cc(C(=O)O)ccc1C=O. The molecule has 0 unspecified atom stereocenters. The van der Waals surface area contributed by atoms with Gasteiger partial charge in [0.1, 0.15) is 0 Å². The number of aromatic carboxylic acids is 1. The van der Waals surface area contributed by atoms with Crippen LogP contribution in [0.4, 0.5) is 0 Å². The van der Waals surface area contributed by atoms with Gasteiger partial charge in [-0.3, -0.25) is 9.59 Å². The first-order valence-electron chi connectivity index (χ1n) is 4.45. The molecule has 0 radical (unpaired) electrons. The summed E-state index contributed by atoms with van der Waals surface area (Å²) in [6, 6.07) is 3.88. The Morgan fingerprint density at radius 1 is 1.40 bits per heavy atom. The van der Waals surface area contributed by atoms with E-state index in [4.69, 9.17) is 5.11 Å². The van der Waals surface area contributed by atoms with Gasteiger partial charge in [-0.25, -0.2) is 4.79 Å². The maximum absolute atomic E-state index is 11.4. The fourth-order valence-corrected chi connectivity index (χ4v) is 1.22. The Balaban J connectivity index is 3.31. The van der Waals surface area contributed by atoms with Crippen molar-refractivity contribution < 1.29 is 19.5 Å². The van der Waals surface area contributed by atoms with Crippen LogP contribution in [-0.2, 0) is 0 Å². The highest BCUT2D eigenvalue weighted by molar-refractivity contribution is 6.04. The maximum Gasteiger partial charge on any atom is 0.335 e. The van der Waals surface area contributed by atoms with E-state index in [-0.39, 0.29) is 28.9 Å². The number of carboxylic acid groups (broad SMARTS) is 1. The number of carbonyl (C=O) groups is 3. The Morgan fingerprint density at radius 3 is 2.53 bits per heavy atom. The Bertz CT molecular complexity index is 421. The average Bonchev–Trinajstić information content (AvgIpc) is 2.27. The maximum atomic E-state index is 11.4. The predicted molar refractivity (Wildman–Crippen MR) is 53.4 cm³/mol. The van der Waals surface area contributed by atoms with Crippen LogP contribution in [0.3, 0.4) is 0 Å². The molecule has 1 N–H and O–H groups in total. The first kappa shape index (κ1) is 11.1. The van der Waals surface area contributed by atoms with Crippen LogP contribution in [0.5, 0.6) is 0 Å². The summed E-state index contributed by atoms with van der Waals surface area (Å²) in [5.74, 6) is -1.35. The standard InChI is InChI=1S/C11H10O4/c1-2-10(13)9-5-7(11(14)15)3-4-8(9)6-12/h3-6H,2H2,1H3,(H,14,15). The lowest BCUT2D eigenvalue weighted by molar-refractivity contribution is 0.0696. The van der Waals surface area contributed by atoms with E-state index in [1.807, 2.05) is 0 Å². The predicted octanol–water partition coefficient (Wildman–Crippen LogP) is 1.79. The second-order valence-electron chi connectivity index (χ2n) is 3.00. The molecule has 1 aromatic rings. The van der Waals surface area contributed by atoms with Crippen molar-refractivity contribution in [2.45, 2.75) is 13.3 Å². The van der Waals surface area contributed by atoms with Gasteiger partial charge in [-0.15, -0.1) is 0 Å². The zero-order valence-electron chi connectivity index (χ0n) is 8.19. The third kappa shape index (κ3) is 2.28. The van der Waals surface area contributed by atoms with Crippen LogP contribution in [0.1, 0.15) is 44.4 Å². The summed E-state index contributed by atoms with van der Waals surface area (Å²) in [6.45, 7) is 1.66. The Kier molecular flexibility index (Phi) is 3.33. The quantitative estimate of drug-likeness (QED) is 0.602. The molecule has 0 amide bonds. The first-order chi connectivity index (χ1) is 7.10. The average molecular weight is 206 g/mol. The highest BCUT2D eigenvalue weighted by Crippen LogP contribution is 2.12. The highest BCUT2D eigenvalue weighted by Gasteiger charge is 2.12. The lowest BCUT2D eigenvalue weighted by Gasteiger charge is -2.03. The zero-order chi connectivity index (χ0) is 11.4. The topological polar surface area (TPSA) is 71.4 Å². The van der Waals surface area contributed by atoms with E-state index in [0.717, 1.165) is 0 Å². The van der Waals surface area contributed by atoms with Crippen LogP contribution in [0.2, 0.25) is 0 Å². The summed E-state index contributed by atoms with van der Waals surface area (Å²) in [5, 5.41) is 8.73. The fourth-order valence-electron chi connectivity index (χ4n) is 1.22. The minimum Gasteiger partial charge on any atom is -0.478 e. The van der Waals surface area contributed by atoms with E-state index < -0.39 is 5.97 Å². The Morgan fingerprint density at radius 2 is 2.07 bits per heavy atom. The molecule has 0 aromatic heterocycles. The molecule has 0 bridgehead atoms. The molecule has 1 rings (SSSR count). The largest absolute Gasteiger partial charge is 0.478 e. The number of Topliss-reactive ketones (excluding diaryl/α,β-unsaturated/α-hetero) is 1. The third-order valence-electron chi connectivity index (χ3n) is 2.05. The number of carboxylic acids is 1. The number of hydrogen-bond acceptors (Lipinski definition) is 3. The van der Waals surface area contributed by atoms with Gasteiger partial charge < -0.3 is 5.11 Å². The zero-order valence-corrected chi connectivity index (χ0v) is 8.19. The molecule has 4 nitrogen and oxygen atoms in total. The number of rotatable bonds is 4. The number of carbonyl (C=O) groups excluding carboxylic acids is 2. The van der Waals surface area contributed by atoms with Crippen molar-refractivity contribution in [2.75, 3.05) is 0 Å². The van der Waals surface area contributed by atoms with Crippen molar-refractivity contribution in [1.82, 2.24) is 0 Å². The smallest absolute Gasteiger partial charge is 0.335 e. The minimum atomic E-state index is -1.11. The molecule has 0 fully saturated rings. The molecule has 1 aromatic carbocycles. The normalized spacial score (nSPS) is 9.67. The number of benzene rings is 1. The Labute approximate surface area is 86.5 Å². The molecule has 15 heavy (non-hydrogen) atoms. The molecular formula is C11H10O4. The van der Waals surface area contributed by atoms with Gasteiger partial charge >= 0.3 is 5.97 Å². The van der Waals surface area contributed by atoms with Crippen molar-refractivity contribution >= 4 is 18.0 Å². The van der Waals surface area contributed by atoms with Gasteiger partial charge in [-0.2, -0.15) is 0 Å². The van der Waals surface area contributed by atoms with Crippen LogP contribution in [0.25, 0.3) is 0 Å². The molecule has 0 heterocycles. The van der Waals surface area contributed by atoms with Crippen LogP contribution < -0.4 is 0 Å². The van der Waals surface area contributed by atoms with Crippen LogP contribution in [0.15, 0.2) is 18.2 Å². The van der Waals surface area contributed by atoms with E-state index in [1.165, 1.54) is 18.2 Å². The van der Waals surface area contributed by atoms with Crippen LogP contribution >= 0.6 is 0 Å². The van der Waals surface area contributed by atoms with Gasteiger partial charge in [-0.05, 0) is 12.1 Å². The van der Waals surface area contributed by atoms with Gasteiger partial charge in [0.15, 0.2) is 12.1 Å². The summed E-state index contributed by atoms with van der Waals surface area (Å²) in [7, 11) is 0.